The number of hydrogen-bond donors (Lipinski definition) is 2. The quantitative estimate of drug-likeness (QED) is 0.789. The lowest BCUT2D eigenvalue weighted by atomic mass is 10.2. The van der Waals surface area contributed by atoms with Crippen LogP contribution in [0.25, 0.3) is 0 Å². The lowest BCUT2D eigenvalue weighted by Crippen LogP contribution is -2.19. The molecule has 0 radical (unpaired) electrons. The number of hydrogen-bond acceptors (Lipinski definition) is 4. The van der Waals surface area contributed by atoms with Gasteiger partial charge in [0.15, 0.2) is 0 Å². The van der Waals surface area contributed by atoms with E-state index in [1.54, 1.807) is 6.20 Å². The number of aromatic nitrogens is 1. The molecule has 1 aliphatic rings. The predicted molar refractivity (Wildman–Crippen MR) is 61.2 cm³/mol. The number of ether oxygens (including phenoxy) is 1. The van der Waals surface area contributed by atoms with Gasteiger partial charge in [-0.05, 0) is 25.0 Å². The Labute approximate surface area is 90.0 Å². The Morgan fingerprint density at radius 1 is 1.60 bits per heavy atom. The molecule has 1 aromatic heterocycles. The van der Waals surface area contributed by atoms with Crippen molar-refractivity contribution in [2.75, 3.05) is 30.8 Å². The summed E-state index contributed by atoms with van der Waals surface area (Å²) >= 11 is 0. The van der Waals surface area contributed by atoms with Gasteiger partial charge in [-0.2, -0.15) is 0 Å². The zero-order chi connectivity index (χ0) is 10.5. The van der Waals surface area contributed by atoms with Gasteiger partial charge in [0.1, 0.15) is 5.82 Å². The van der Waals surface area contributed by atoms with Gasteiger partial charge in [0.05, 0.1) is 11.8 Å². The molecule has 2 heterocycles. The largest absolute Gasteiger partial charge is 0.385 e. The fourth-order valence-electron chi connectivity index (χ4n) is 1.76. The number of nitrogens with zero attached hydrogens (tertiary/aromatic N) is 1. The second kappa shape index (κ2) is 4.98. The number of pyridine rings is 1. The van der Waals surface area contributed by atoms with Crippen molar-refractivity contribution in [2.24, 2.45) is 0 Å². The van der Waals surface area contributed by atoms with Gasteiger partial charge in [-0.15, -0.1) is 0 Å². The molecule has 15 heavy (non-hydrogen) atoms. The monoisotopic (exact) mass is 207 g/mol. The van der Waals surface area contributed by atoms with Gasteiger partial charge in [-0.25, -0.2) is 4.98 Å². The maximum Gasteiger partial charge on any atom is 0.149 e. The van der Waals surface area contributed by atoms with Crippen LogP contribution in [0.3, 0.4) is 0 Å². The smallest absolute Gasteiger partial charge is 0.149 e. The maximum atomic E-state index is 5.54. The third kappa shape index (κ3) is 2.59. The average molecular weight is 207 g/mol. The van der Waals surface area contributed by atoms with Gasteiger partial charge in [0.25, 0.3) is 0 Å². The van der Waals surface area contributed by atoms with Crippen molar-refractivity contribution in [1.82, 2.24) is 4.98 Å². The van der Waals surface area contributed by atoms with E-state index in [-0.39, 0.29) is 0 Å². The van der Waals surface area contributed by atoms with Gasteiger partial charge < -0.3 is 15.4 Å². The molecular formula is C11H17N3O. The second-order valence-corrected chi connectivity index (χ2v) is 3.67. The summed E-state index contributed by atoms with van der Waals surface area (Å²) in [6, 6.07) is 3.92. The summed E-state index contributed by atoms with van der Waals surface area (Å²) in [6.07, 6.45) is 4.46. The van der Waals surface area contributed by atoms with Gasteiger partial charge in [-0.1, -0.05) is 0 Å². The fourth-order valence-corrected chi connectivity index (χ4v) is 1.76. The number of nitrogens with one attached hydrogen (secondary N) is 2. The molecule has 4 heteroatoms. The third-order valence-corrected chi connectivity index (χ3v) is 2.60. The minimum absolute atomic E-state index is 0.344. The number of rotatable bonds is 4. The molecule has 0 aromatic carbocycles. The Balaban J connectivity index is 1.91. The van der Waals surface area contributed by atoms with E-state index < -0.39 is 0 Å². The molecule has 1 aromatic rings. The van der Waals surface area contributed by atoms with E-state index in [4.69, 9.17) is 4.74 Å². The average Bonchev–Trinajstić information content (AvgIpc) is 2.79. The van der Waals surface area contributed by atoms with E-state index in [1.165, 1.54) is 6.42 Å². The van der Waals surface area contributed by atoms with Crippen molar-refractivity contribution >= 4 is 11.5 Å². The lowest BCUT2D eigenvalue weighted by Gasteiger charge is -2.13. The summed E-state index contributed by atoms with van der Waals surface area (Å²) in [5.41, 5.74) is 1.02. The maximum absolute atomic E-state index is 5.54. The Morgan fingerprint density at radius 2 is 2.53 bits per heavy atom. The van der Waals surface area contributed by atoms with Crippen molar-refractivity contribution in [1.29, 1.82) is 0 Å². The molecule has 2 rings (SSSR count). The van der Waals surface area contributed by atoms with E-state index in [0.717, 1.165) is 31.1 Å². The first-order valence-electron chi connectivity index (χ1n) is 5.38. The van der Waals surface area contributed by atoms with Crippen LogP contribution < -0.4 is 10.6 Å². The second-order valence-electron chi connectivity index (χ2n) is 3.67. The summed E-state index contributed by atoms with van der Waals surface area (Å²) in [5, 5.41) is 6.41. The molecule has 2 N–H and O–H groups in total. The summed E-state index contributed by atoms with van der Waals surface area (Å²) < 4.78 is 5.54. The number of anilines is 2. The van der Waals surface area contributed by atoms with Crippen LogP contribution in [0.5, 0.6) is 0 Å². The van der Waals surface area contributed by atoms with E-state index in [9.17, 15) is 0 Å². The highest BCUT2D eigenvalue weighted by Crippen LogP contribution is 2.18. The Hall–Kier alpha value is -1.29. The van der Waals surface area contributed by atoms with E-state index >= 15 is 0 Å². The predicted octanol–water partition coefficient (Wildman–Crippen LogP) is 1.71. The van der Waals surface area contributed by atoms with Gasteiger partial charge in [0.2, 0.25) is 0 Å². The summed E-state index contributed by atoms with van der Waals surface area (Å²) in [6.45, 7) is 1.74. The highest BCUT2D eigenvalue weighted by molar-refractivity contribution is 5.63. The molecule has 82 valence electrons. The van der Waals surface area contributed by atoms with Crippen LogP contribution >= 0.6 is 0 Å². The Morgan fingerprint density at radius 3 is 3.27 bits per heavy atom. The van der Waals surface area contributed by atoms with Crippen LogP contribution in [0.2, 0.25) is 0 Å². The van der Waals surface area contributed by atoms with Crippen LogP contribution in [-0.2, 0) is 4.74 Å². The zero-order valence-corrected chi connectivity index (χ0v) is 8.99. The Bertz CT molecular complexity index is 310. The molecule has 1 fully saturated rings. The summed E-state index contributed by atoms with van der Waals surface area (Å²) in [4.78, 5) is 4.28. The molecule has 0 bridgehead atoms. The Kier molecular flexibility index (Phi) is 3.40. The molecular weight excluding hydrogens is 190 g/mol. The molecule has 0 saturated carbocycles. The summed E-state index contributed by atoms with van der Waals surface area (Å²) in [7, 11) is 1.90. The normalized spacial score (nSPS) is 20.2. The first-order chi connectivity index (χ1) is 7.40. The van der Waals surface area contributed by atoms with Crippen molar-refractivity contribution in [3.05, 3.63) is 18.3 Å². The van der Waals surface area contributed by atoms with Crippen molar-refractivity contribution in [3.63, 3.8) is 0 Å². The van der Waals surface area contributed by atoms with Crippen LogP contribution in [0.4, 0.5) is 11.5 Å². The lowest BCUT2D eigenvalue weighted by molar-refractivity contribution is 0.120. The minimum atomic E-state index is 0.344. The van der Waals surface area contributed by atoms with Crippen molar-refractivity contribution in [2.45, 2.75) is 18.9 Å². The third-order valence-electron chi connectivity index (χ3n) is 2.60. The minimum Gasteiger partial charge on any atom is -0.385 e. The van der Waals surface area contributed by atoms with Crippen molar-refractivity contribution in [3.8, 4) is 0 Å². The van der Waals surface area contributed by atoms with E-state index in [0.29, 0.717) is 6.10 Å². The molecule has 0 amide bonds. The molecule has 4 nitrogen and oxygen atoms in total. The van der Waals surface area contributed by atoms with Gasteiger partial charge in [-0.3, -0.25) is 0 Å². The first kappa shape index (κ1) is 10.2. The molecule has 0 spiro atoms. The molecule has 1 unspecified atom stereocenters. The SMILES string of the molecule is CNc1cccnc1NCC1CCCO1. The van der Waals surface area contributed by atoms with Crippen LogP contribution in [0.15, 0.2) is 18.3 Å². The van der Waals surface area contributed by atoms with Crippen LogP contribution in [0.1, 0.15) is 12.8 Å². The molecule has 1 atom stereocenters. The molecule has 1 saturated heterocycles. The highest BCUT2D eigenvalue weighted by Gasteiger charge is 2.15. The molecule has 1 aliphatic heterocycles. The van der Waals surface area contributed by atoms with E-state index in [1.807, 2.05) is 19.2 Å². The van der Waals surface area contributed by atoms with E-state index in [2.05, 4.69) is 15.6 Å². The standard InChI is InChI=1S/C11H17N3O/c1-12-10-5-2-6-13-11(10)14-8-9-4-3-7-15-9/h2,5-6,9,12H,3-4,7-8H2,1H3,(H,13,14). The molecule has 0 aliphatic carbocycles. The fraction of sp³-hybridized carbons (Fsp3) is 0.545. The zero-order valence-electron chi connectivity index (χ0n) is 8.99. The summed E-state index contributed by atoms with van der Waals surface area (Å²) in [5.74, 6) is 0.899. The van der Waals surface area contributed by atoms with Crippen LogP contribution in [-0.4, -0.2) is 31.3 Å². The van der Waals surface area contributed by atoms with Gasteiger partial charge in [0, 0.05) is 26.4 Å². The first-order valence-corrected chi connectivity index (χ1v) is 5.38. The van der Waals surface area contributed by atoms with Crippen LogP contribution in [0, 0.1) is 0 Å². The highest BCUT2D eigenvalue weighted by atomic mass is 16.5. The van der Waals surface area contributed by atoms with Gasteiger partial charge >= 0.3 is 0 Å². The topological polar surface area (TPSA) is 46.2 Å². The van der Waals surface area contributed by atoms with Crippen molar-refractivity contribution < 1.29 is 4.74 Å².